The zero-order valence-electron chi connectivity index (χ0n) is 13.6. The number of rotatable bonds is 5. The molecule has 0 fully saturated rings. The van der Waals surface area contributed by atoms with Crippen LogP contribution in [-0.2, 0) is 11.3 Å². The van der Waals surface area contributed by atoms with Crippen LogP contribution in [0.15, 0.2) is 17.5 Å². The largest absolute Gasteiger partial charge is 0.337 e. The molecule has 2 aromatic heterocycles. The van der Waals surface area contributed by atoms with Gasteiger partial charge in [0.2, 0.25) is 5.91 Å². The third-order valence-corrected chi connectivity index (χ3v) is 4.99. The molecule has 0 radical (unpaired) electrons. The van der Waals surface area contributed by atoms with E-state index in [1.807, 2.05) is 31.4 Å². The molecule has 22 heavy (non-hydrogen) atoms. The molecule has 1 unspecified atom stereocenters. The van der Waals surface area contributed by atoms with Crippen molar-refractivity contribution in [2.45, 2.75) is 40.3 Å². The number of ketones is 1. The maximum Gasteiger partial charge on any atom is 0.244 e. The van der Waals surface area contributed by atoms with E-state index in [-0.39, 0.29) is 24.3 Å². The molecule has 118 valence electrons. The summed E-state index contributed by atoms with van der Waals surface area (Å²) in [7, 11) is 1.80. The first-order valence-corrected chi connectivity index (χ1v) is 8.05. The Hall–Kier alpha value is -1.95. The summed E-state index contributed by atoms with van der Waals surface area (Å²) in [4.78, 5) is 27.0. The van der Waals surface area contributed by atoms with E-state index >= 15 is 0 Å². The summed E-state index contributed by atoms with van der Waals surface area (Å²) in [5.41, 5.74) is 2.03. The Bertz CT molecular complexity index is 689. The number of amides is 1. The molecule has 0 saturated heterocycles. The van der Waals surface area contributed by atoms with E-state index in [0.717, 1.165) is 10.6 Å². The molecule has 1 amide bonds. The van der Waals surface area contributed by atoms with Crippen LogP contribution in [0.5, 0.6) is 0 Å². The lowest BCUT2D eigenvalue weighted by atomic mass is 10.1. The summed E-state index contributed by atoms with van der Waals surface area (Å²) >= 11 is 1.64. The lowest BCUT2D eigenvalue weighted by molar-refractivity contribution is -0.132. The van der Waals surface area contributed by atoms with Crippen molar-refractivity contribution in [3.05, 3.63) is 39.3 Å². The van der Waals surface area contributed by atoms with Crippen LogP contribution < -0.4 is 0 Å². The van der Waals surface area contributed by atoms with Gasteiger partial charge in [0.25, 0.3) is 0 Å². The fourth-order valence-electron chi connectivity index (χ4n) is 2.54. The Morgan fingerprint density at radius 2 is 2.09 bits per heavy atom. The first-order valence-electron chi connectivity index (χ1n) is 7.17. The molecule has 0 aliphatic rings. The molecule has 0 aliphatic carbocycles. The number of hydrogen-bond acceptors (Lipinski definition) is 4. The average molecular weight is 319 g/mol. The van der Waals surface area contributed by atoms with Crippen molar-refractivity contribution in [1.29, 1.82) is 0 Å². The molecule has 0 saturated carbocycles. The Morgan fingerprint density at radius 3 is 2.59 bits per heavy atom. The first-order chi connectivity index (χ1) is 10.3. The SMILES string of the molecule is CC(=O)c1c(C)nn(CC(=O)N(C)C(C)c2cccs2)c1C. The first kappa shape index (κ1) is 16.4. The maximum atomic E-state index is 12.5. The van der Waals surface area contributed by atoms with E-state index in [2.05, 4.69) is 5.10 Å². The highest BCUT2D eigenvalue weighted by atomic mass is 32.1. The Labute approximate surface area is 134 Å². The molecule has 6 heteroatoms. The van der Waals surface area contributed by atoms with Gasteiger partial charge < -0.3 is 4.90 Å². The van der Waals surface area contributed by atoms with Gasteiger partial charge in [-0.1, -0.05) is 6.07 Å². The van der Waals surface area contributed by atoms with Crippen LogP contribution in [0.1, 0.15) is 46.5 Å². The van der Waals surface area contributed by atoms with Crippen LogP contribution >= 0.6 is 11.3 Å². The summed E-state index contributed by atoms with van der Waals surface area (Å²) in [6.07, 6.45) is 0. The van der Waals surface area contributed by atoms with Gasteiger partial charge in [0.15, 0.2) is 5.78 Å². The summed E-state index contributed by atoms with van der Waals surface area (Å²) in [6, 6.07) is 4.03. The van der Waals surface area contributed by atoms with Gasteiger partial charge in [0, 0.05) is 17.6 Å². The minimum atomic E-state index is -0.0263. The van der Waals surface area contributed by atoms with E-state index in [9.17, 15) is 9.59 Å². The van der Waals surface area contributed by atoms with Crippen LogP contribution in [0.3, 0.4) is 0 Å². The minimum Gasteiger partial charge on any atom is -0.337 e. The number of likely N-dealkylation sites (N-methyl/N-ethyl adjacent to an activating group) is 1. The van der Waals surface area contributed by atoms with Crippen LogP contribution in [0, 0.1) is 13.8 Å². The van der Waals surface area contributed by atoms with Crippen molar-refractivity contribution >= 4 is 23.0 Å². The third kappa shape index (κ3) is 3.11. The predicted molar refractivity (Wildman–Crippen MR) is 87.2 cm³/mol. The highest BCUT2D eigenvalue weighted by Crippen LogP contribution is 2.23. The molecule has 2 rings (SSSR count). The number of thiophene rings is 1. The normalized spacial score (nSPS) is 12.2. The maximum absolute atomic E-state index is 12.5. The number of aryl methyl sites for hydroxylation is 1. The molecule has 0 spiro atoms. The monoisotopic (exact) mass is 319 g/mol. The standard InChI is InChI=1S/C16H21N3O2S/c1-10-16(13(4)20)12(3)19(17-10)9-15(21)18(5)11(2)14-7-6-8-22-14/h6-8,11H,9H2,1-5H3. The van der Waals surface area contributed by atoms with Gasteiger partial charge in [-0.25, -0.2) is 0 Å². The topological polar surface area (TPSA) is 55.2 Å². The fraction of sp³-hybridized carbons (Fsp3) is 0.438. The van der Waals surface area contributed by atoms with Gasteiger partial charge in [-0.05, 0) is 39.1 Å². The summed E-state index contributed by atoms with van der Waals surface area (Å²) < 4.78 is 1.62. The quantitative estimate of drug-likeness (QED) is 0.796. The van der Waals surface area contributed by atoms with Crippen LogP contribution in [0.4, 0.5) is 0 Å². The van der Waals surface area contributed by atoms with E-state index in [0.29, 0.717) is 11.3 Å². The Kier molecular flexibility index (Phi) is 4.81. The van der Waals surface area contributed by atoms with E-state index in [1.165, 1.54) is 6.92 Å². The molecule has 5 nitrogen and oxygen atoms in total. The summed E-state index contributed by atoms with van der Waals surface area (Å²) in [5.74, 6) is -0.0457. The second-order valence-electron chi connectivity index (χ2n) is 5.46. The number of carbonyl (C=O) groups is 2. The van der Waals surface area contributed by atoms with Gasteiger partial charge in [-0.3, -0.25) is 14.3 Å². The Balaban J connectivity index is 2.15. The molecular weight excluding hydrogens is 298 g/mol. The molecule has 0 bridgehead atoms. The predicted octanol–water partition coefficient (Wildman–Crippen LogP) is 2.98. The van der Waals surface area contributed by atoms with E-state index < -0.39 is 0 Å². The second kappa shape index (κ2) is 6.44. The van der Waals surface area contributed by atoms with Crippen LogP contribution in [-0.4, -0.2) is 33.4 Å². The Morgan fingerprint density at radius 1 is 1.41 bits per heavy atom. The molecule has 0 N–H and O–H groups in total. The molecule has 0 aromatic carbocycles. The number of Topliss-reactive ketones (excluding diaryl/α,β-unsaturated/α-hetero) is 1. The van der Waals surface area contributed by atoms with Crippen molar-refractivity contribution in [3.8, 4) is 0 Å². The summed E-state index contributed by atoms with van der Waals surface area (Å²) in [6.45, 7) is 7.29. The number of aromatic nitrogens is 2. The van der Waals surface area contributed by atoms with Gasteiger partial charge in [-0.15, -0.1) is 11.3 Å². The summed E-state index contributed by atoms with van der Waals surface area (Å²) in [5, 5.41) is 6.33. The minimum absolute atomic E-state index is 0.0194. The molecular formula is C16H21N3O2S. The molecule has 2 heterocycles. The fourth-order valence-corrected chi connectivity index (χ4v) is 3.36. The van der Waals surface area contributed by atoms with Crippen molar-refractivity contribution < 1.29 is 9.59 Å². The molecule has 2 aromatic rings. The van der Waals surface area contributed by atoms with Gasteiger partial charge >= 0.3 is 0 Å². The van der Waals surface area contributed by atoms with Gasteiger partial charge in [0.05, 0.1) is 17.3 Å². The smallest absolute Gasteiger partial charge is 0.244 e. The van der Waals surface area contributed by atoms with E-state index in [1.54, 1.807) is 34.9 Å². The lowest BCUT2D eigenvalue weighted by Crippen LogP contribution is -2.32. The molecule has 0 aliphatic heterocycles. The number of hydrogen-bond donors (Lipinski definition) is 0. The van der Waals surface area contributed by atoms with Crippen molar-refractivity contribution in [1.82, 2.24) is 14.7 Å². The second-order valence-corrected chi connectivity index (χ2v) is 6.43. The number of carbonyl (C=O) groups excluding carboxylic acids is 2. The van der Waals surface area contributed by atoms with Crippen molar-refractivity contribution in [3.63, 3.8) is 0 Å². The van der Waals surface area contributed by atoms with Crippen LogP contribution in [0.2, 0.25) is 0 Å². The number of nitrogens with zero attached hydrogens (tertiary/aromatic N) is 3. The zero-order valence-corrected chi connectivity index (χ0v) is 14.4. The highest BCUT2D eigenvalue weighted by molar-refractivity contribution is 7.10. The van der Waals surface area contributed by atoms with Crippen molar-refractivity contribution in [2.75, 3.05) is 7.05 Å². The molecule has 1 atom stereocenters. The van der Waals surface area contributed by atoms with Crippen LogP contribution in [0.25, 0.3) is 0 Å². The zero-order chi connectivity index (χ0) is 16.4. The lowest BCUT2D eigenvalue weighted by Gasteiger charge is -2.24. The van der Waals surface area contributed by atoms with Gasteiger partial charge in [0.1, 0.15) is 6.54 Å². The van der Waals surface area contributed by atoms with Crippen molar-refractivity contribution in [2.24, 2.45) is 0 Å². The van der Waals surface area contributed by atoms with Gasteiger partial charge in [-0.2, -0.15) is 5.10 Å². The highest BCUT2D eigenvalue weighted by Gasteiger charge is 2.21. The van der Waals surface area contributed by atoms with E-state index in [4.69, 9.17) is 0 Å². The average Bonchev–Trinajstić information content (AvgIpc) is 3.06. The third-order valence-electron chi connectivity index (χ3n) is 3.95.